The summed E-state index contributed by atoms with van der Waals surface area (Å²) >= 11 is 0. The molecule has 1 fully saturated rings. The van der Waals surface area contributed by atoms with Crippen molar-refractivity contribution in [1.82, 2.24) is 14.3 Å². The fraction of sp³-hybridized carbons (Fsp3) is 0.348. The summed E-state index contributed by atoms with van der Waals surface area (Å²) in [6.45, 7) is 4.26. The van der Waals surface area contributed by atoms with Gasteiger partial charge in [-0.25, -0.2) is 12.7 Å². The Kier molecular flexibility index (Phi) is 6.02. The predicted octanol–water partition coefficient (Wildman–Crippen LogP) is 3.73. The van der Waals surface area contributed by atoms with Crippen molar-refractivity contribution in [3.05, 3.63) is 54.6 Å². The number of benzene rings is 1. The molecule has 1 saturated heterocycles. The fourth-order valence-electron chi connectivity index (χ4n) is 3.96. The molecule has 0 unspecified atom stereocenters. The Balaban J connectivity index is 1.64. The normalized spacial score (nSPS) is 15.8. The first-order valence-corrected chi connectivity index (χ1v) is 12.1. The largest absolute Gasteiger partial charge is 0.382 e. The quantitative estimate of drug-likeness (QED) is 0.590. The van der Waals surface area contributed by atoms with Crippen LogP contribution in [0.5, 0.6) is 0 Å². The number of carbonyl (C=O) groups is 1. The number of ketones is 1. The van der Waals surface area contributed by atoms with Crippen LogP contribution in [0.25, 0.3) is 21.9 Å². The van der Waals surface area contributed by atoms with Crippen LogP contribution in [0, 0.1) is 0 Å². The summed E-state index contributed by atoms with van der Waals surface area (Å²) in [6, 6.07) is 8.11. The zero-order valence-corrected chi connectivity index (χ0v) is 18.5. The molecule has 162 valence electrons. The van der Waals surface area contributed by atoms with Gasteiger partial charge in [0.1, 0.15) is 0 Å². The molecule has 1 N–H and O–H groups in total. The molecule has 0 aliphatic carbocycles. The topological polar surface area (TPSA) is 92.3 Å². The van der Waals surface area contributed by atoms with Crippen molar-refractivity contribution >= 4 is 32.3 Å². The van der Waals surface area contributed by atoms with Gasteiger partial charge in [0.25, 0.3) is 0 Å². The number of nitrogens with one attached hydrogen (secondary N) is 1. The summed E-state index contributed by atoms with van der Waals surface area (Å²) in [5, 5.41) is 5.65. The molecule has 0 radical (unpaired) electrons. The first-order chi connectivity index (χ1) is 14.9. The highest BCUT2D eigenvalue weighted by Crippen LogP contribution is 2.32. The van der Waals surface area contributed by atoms with E-state index in [9.17, 15) is 13.2 Å². The van der Waals surface area contributed by atoms with Crippen LogP contribution in [0.1, 0.15) is 37.0 Å². The van der Waals surface area contributed by atoms with Gasteiger partial charge in [0.2, 0.25) is 10.0 Å². The third-order valence-corrected chi connectivity index (χ3v) is 7.69. The zero-order chi connectivity index (χ0) is 22.0. The Morgan fingerprint density at radius 2 is 1.87 bits per heavy atom. The van der Waals surface area contributed by atoms with E-state index in [1.165, 1.54) is 6.92 Å². The fourth-order valence-corrected chi connectivity index (χ4v) is 5.09. The number of piperidine rings is 1. The number of nitrogens with zero attached hydrogens (tertiary/aromatic N) is 3. The second kappa shape index (κ2) is 8.72. The molecule has 4 rings (SSSR count). The monoisotopic (exact) mass is 438 g/mol. The van der Waals surface area contributed by atoms with Gasteiger partial charge in [0.05, 0.1) is 5.75 Å². The van der Waals surface area contributed by atoms with E-state index in [2.05, 4.69) is 27.4 Å². The van der Waals surface area contributed by atoms with Crippen molar-refractivity contribution in [1.29, 1.82) is 0 Å². The number of hydrogen-bond donors (Lipinski definition) is 1. The number of aromatic nitrogens is 2. The minimum absolute atomic E-state index is 0.0218. The highest BCUT2D eigenvalue weighted by atomic mass is 32.2. The van der Waals surface area contributed by atoms with Crippen LogP contribution in [0.2, 0.25) is 0 Å². The van der Waals surface area contributed by atoms with E-state index in [0.29, 0.717) is 18.7 Å². The van der Waals surface area contributed by atoms with Crippen LogP contribution in [0.15, 0.2) is 49.1 Å². The molecule has 7 nitrogen and oxygen atoms in total. The third kappa shape index (κ3) is 4.60. The van der Waals surface area contributed by atoms with E-state index >= 15 is 0 Å². The SMILES string of the molecule is CCS(=O)(=O)N1CCC(Nc2cc(-c3cncc(C(C)=O)c3)cc3ccncc23)CC1. The molecule has 2 aromatic heterocycles. The molecule has 0 bridgehead atoms. The van der Waals surface area contributed by atoms with E-state index in [1.807, 2.05) is 18.3 Å². The lowest BCUT2D eigenvalue weighted by atomic mass is 9.99. The Hall–Kier alpha value is -2.84. The van der Waals surface area contributed by atoms with Crippen molar-refractivity contribution in [3.63, 3.8) is 0 Å². The predicted molar refractivity (Wildman–Crippen MR) is 123 cm³/mol. The third-order valence-electron chi connectivity index (χ3n) is 5.81. The number of sulfonamides is 1. The molecule has 1 aliphatic heterocycles. The van der Waals surface area contributed by atoms with Crippen LogP contribution < -0.4 is 5.32 Å². The summed E-state index contributed by atoms with van der Waals surface area (Å²) in [5.74, 6) is 0.114. The van der Waals surface area contributed by atoms with Gasteiger partial charge in [0, 0.05) is 66.1 Å². The van der Waals surface area contributed by atoms with E-state index in [-0.39, 0.29) is 17.6 Å². The molecule has 0 saturated carbocycles. The van der Waals surface area contributed by atoms with Crippen molar-refractivity contribution in [2.75, 3.05) is 24.2 Å². The Morgan fingerprint density at radius 1 is 1.10 bits per heavy atom. The van der Waals surface area contributed by atoms with Crippen LogP contribution in [0.4, 0.5) is 5.69 Å². The maximum absolute atomic E-state index is 12.1. The van der Waals surface area contributed by atoms with Crippen molar-refractivity contribution < 1.29 is 13.2 Å². The van der Waals surface area contributed by atoms with E-state index < -0.39 is 10.0 Å². The van der Waals surface area contributed by atoms with Gasteiger partial charge >= 0.3 is 0 Å². The van der Waals surface area contributed by atoms with Gasteiger partial charge in [-0.05, 0) is 61.9 Å². The van der Waals surface area contributed by atoms with E-state index in [1.54, 1.807) is 29.8 Å². The first-order valence-electron chi connectivity index (χ1n) is 10.5. The molecule has 31 heavy (non-hydrogen) atoms. The molecular formula is C23H26N4O3S. The van der Waals surface area contributed by atoms with Gasteiger partial charge in [0.15, 0.2) is 5.78 Å². The molecule has 1 aromatic carbocycles. The molecule has 8 heteroatoms. The van der Waals surface area contributed by atoms with E-state index in [4.69, 9.17) is 0 Å². The second-order valence-corrected chi connectivity index (χ2v) is 10.1. The van der Waals surface area contributed by atoms with Crippen LogP contribution >= 0.6 is 0 Å². The summed E-state index contributed by atoms with van der Waals surface area (Å²) in [5.41, 5.74) is 3.36. The molecule has 0 amide bonds. The molecule has 1 aliphatic rings. The number of rotatable bonds is 6. The first kappa shape index (κ1) is 21.4. The van der Waals surface area contributed by atoms with Crippen LogP contribution in [0.3, 0.4) is 0 Å². The summed E-state index contributed by atoms with van der Waals surface area (Å²) in [7, 11) is -3.15. The van der Waals surface area contributed by atoms with Gasteiger partial charge in [-0.2, -0.15) is 0 Å². The van der Waals surface area contributed by atoms with E-state index in [0.717, 1.165) is 40.4 Å². The van der Waals surface area contributed by atoms with Crippen molar-refractivity contribution in [2.45, 2.75) is 32.7 Å². The Morgan fingerprint density at radius 3 is 2.58 bits per heavy atom. The maximum atomic E-state index is 12.1. The van der Waals surface area contributed by atoms with Gasteiger partial charge in [-0.15, -0.1) is 0 Å². The lowest BCUT2D eigenvalue weighted by Gasteiger charge is -2.32. The Labute approximate surface area is 182 Å². The highest BCUT2D eigenvalue weighted by molar-refractivity contribution is 7.89. The number of fused-ring (bicyclic) bond motifs is 1. The lowest BCUT2D eigenvalue weighted by Crippen LogP contribution is -2.42. The summed E-state index contributed by atoms with van der Waals surface area (Å²) < 4.78 is 25.9. The minimum atomic E-state index is -3.15. The lowest BCUT2D eigenvalue weighted by molar-refractivity contribution is 0.101. The van der Waals surface area contributed by atoms with Crippen LogP contribution in [-0.2, 0) is 10.0 Å². The summed E-state index contributed by atoms with van der Waals surface area (Å²) in [6.07, 6.45) is 8.41. The second-order valence-electron chi connectivity index (χ2n) is 7.86. The summed E-state index contributed by atoms with van der Waals surface area (Å²) in [4.78, 5) is 20.3. The zero-order valence-electron chi connectivity index (χ0n) is 17.7. The van der Waals surface area contributed by atoms with Crippen LogP contribution in [-0.4, -0.2) is 53.4 Å². The molecule has 0 spiro atoms. The Bertz CT molecular complexity index is 1220. The smallest absolute Gasteiger partial charge is 0.213 e. The number of anilines is 1. The molecule has 3 heterocycles. The standard InChI is InChI=1S/C23H26N4O3S/c1-3-31(29,30)27-8-5-21(6-9-27)26-23-12-18(10-17-4-7-24-15-22(17)23)20-11-19(16(2)28)13-25-14-20/h4,7,10-15,21,26H,3,5-6,8-9H2,1-2H3. The van der Waals surface area contributed by atoms with Crippen molar-refractivity contribution in [2.24, 2.45) is 0 Å². The molecule has 3 aromatic rings. The minimum Gasteiger partial charge on any atom is -0.382 e. The average Bonchev–Trinajstić information content (AvgIpc) is 2.79. The number of pyridine rings is 2. The number of hydrogen-bond acceptors (Lipinski definition) is 6. The maximum Gasteiger partial charge on any atom is 0.213 e. The highest BCUT2D eigenvalue weighted by Gasteiger charge is 2.27. The molecular weight excluding hydrogens is 412 g/mol. The number of Topliss-reactive ketones (excluding diaryl/α,β-unsaturated/α-hetero) is 1. The number of carbonyl (C=O) groups excluding carboxylic acids is 1. The van der Waals surface area contributed by atoms with Gasteiger partial charge in [-0.1, -0.05) is 0 Å². The average molecular weight is 439 g/mol. The molecule has 0 atom stereocenters. The van der Waals surface area contributed by atoms with Gasteiger partial charge < -0.3 is 5.32 Å². The van der Waals surface area contributed by atoms with Crippen molar-refractivity contribution in [3.8, 4) is 11.1 Å². The van der Waals surface area contributed by atoms with Gasteiger partial charge in [-0.3, -0.25) is 14.8 Å².